The van der Waals surface area contributed by atoms with Crippen LogP contribution in [0.1, 0.15) is 23.2 Å². The molecule has 0 spiro atoms. The van der Waals surface area contributed by atoms with E-state index in [1.807, 2.05) is 0 Å². The second-order valence-electron chi connectivity index (χ2n) is 5.50. The number of hydrogen-bond donors (Lipinski definition) is 0. The Hall–Kier alpha value is -3.28. The Balaban J connectivity index is 1.75. The Morgan fingerprint density at radius 3 is 2.19 bits per heavy atom. The standard InChI is InChI=1S/C21H22O6/c1-3-5-20(22)26-15-4-14-25-18-8-6-16(7-9-18)21(23)27-19-12-10-17(24-2)11-13-19/h3,6-13H,1,4-5,14-15H2,2H3. The lowest BCUT2D eigenvalue weighted by molar-refractivity contribution is -0.142. The first-order chi connectivity index (χ1) is 13.1. The molecule has 0 saturated heterocycles. The van der Waals surface area contributed by atoms with Crippen LogP contribution < -0.4 is 14.2 Å². The number of rotatable bonds is 10. The molecular weight excluding hydrogens is 348 g/mol. The molecule has 0 aromatic heterocycles. The third-order valence-electron chi connectivity index (χ3n) is 3.49. The molecule has 0 aliphatic heterocycles. The van der Waals surface area contributed by atoms with Crippen LogP contribution in [-0.2, 0) is 9.53 Å². The van der Waals surface area contributed by atoms with Gasteiger partial charge in [0, 0.05) is 6.42 Å². The molecule has 0 unspecified atom stereocenters. The summed E-state index contributed by atoms with van der Waals surface area (Å²) >= 11 is 0. The van der Waals surface area contributed by atoms with Crippen LogP contribution in [0.3, 0.4) is 0 Å². The van der Waals surface area contributed by atoms with Gasteiger partial charge in [-0.15, -0.1) is 6.58 Å². The predicted octanol–water partition coefficient (Wildman–Crippen LogP) is 3.80. The Kier molecular flexibility index (Phi) is 7.91. The monoisotopic (exact) mass is 370 g/mol. The van der Waals surface area contributed by atoms with Crippen LogP contribution in [-0.4, -0.2) is 32.3 Å². The van der Waals surface area contributed by atoms with Crippen molar-refractivity contribution in [1.82, 2.24) is 0 Å². The molecule has 6 nitrogen and oxygen atoms in total. The van der Waals surface area contributed by atoms with E-state index < -0.39 is 5.97 Å². The average Bonchev–Trinajstić information content (AvgIpc) is 2.69. The minimum atomic E-state index is -0.458. The molecular formula is C21H22O6. The minimum absolute atomic E-state index is 0.203. The van der Waals surface area contributed by atoms with Crippen molar-refractivity contribution < 1.29 is 28.5 Å². The summed E-state index contributed by atoms with van der Waals surface area (Å²) in [6.45, 7) is 4.16. The van der Waals surface area contributed by atoms with Crippen LogP contribution in [0, 0.1) is 0 Å². The van der Waals surface area contributed by atoms with Gasteiger partial charge in [-0.3, -0.25) is 4.79 Å². The smallest absolute Gasteiger partial charge is 0.343 e. The van der Waals surface area contributed by atoms with Gasteiger partial charge in [-0.25, -0.2) is 4.79 Å². The van der Waals surface area contributed by atoms with Crippen molar-refractivity contribution >= 4 is 11.9 Å². The Morgan fingerprint density at radius 2 is 1.56 bits per heavy atom. The molecule has 2 aromatic rings. The van der Waals surface area contributed by atoms with Crippen LogP contribution >= 0.6 is 0 Å². The highest BCUT2D eigenvalue weighted by molar-refractivity contribution is 5.91. The van der Waals surface area contributed by atoms with Gasteiger partial charge < -0.3 is 18.9 Å². The third-order valence-corrected chi connectivity index (χ3v) is 3.49. The zero-order valence-corrected chi connectivity index (χ0v) is 15.2. The van der Waals surface area contributed by atoms with Gasteiger partial charge in [0.15, 0.2) is 0 Å². The van der Waals surface area contributed by atoms with Gasteiger partial charge in [0.1, 0.15) is 17.2 Å². The van der Waals surface area contributed by atoms with Gasteiger partial charge >= 0.3 is 11.9 Å². The lowest BCUT2D eigenvalue weighted by atomic mass is 10.2. The molecule has 0 saturated carbocycles. The Labute approximate surface area is 158 Å². The summed E-state index contributed by atoms with van der Waals surface area (Å²) in [6.07, 6.45) is 2.28. The van der Waals surface area contributed by atoms with Crippen molar-refractivity contribution in [2.45, 2.75) is 12.8 Å². The minimum Gasteiger partial charge on any atom is -0.497 e. The fourth-order valence-electron chi connectivity index (χ4n) is 2.11. The molecule has 0 N–H and O–H groups in total. The molecule has 0 amide bonds. The normalized spacial score (nSPS) is 9.96. The van der Waals surface area contributed by atoms with E-state index in [-0.39, 0.29) is 12.4 Å². The first-order valence-corrected chi connectivity index (χ1v) is 8.48. The van der Waals surface area contributed by atoms with E-state index >= 15 is 0 Å². The Bertz CT molecular complexity index is 749. The number of carbonyl (C=O) groups is 2. The largest absolute Gasteiger partial charge is 0.497 e. The fourth-order valence-corrected chi connectivity index (χ4v) is 2.11. The SMILES string of the molecule is C=CCC(=O)OCCCOc1ccc(C(=O)Oc2ccc(OC)cc2)cc1. The highest BCUT2D eigenvalue weighted by Crippen LogP contribution is 2.19. The van der Waals surface area contributed by atoms with Gasteiger partial charge in [-0.1, -0.05) is 6.08 Å². The first-order valence-electron chi connectivity index (χ1n) is 8.48. The summed E-state index contributed by atoms with van der Waals surface area (Å²) in [7, 11) is 1.57. The first kappa shape index (κ1) is 20.0. The number of carbonyl (C=O) groups excluding carboxylic acids is 2. The number of ether oxygens (including phenoxy) is 4. The van der Waals surface area contributed by atoms with Crippen LogP contribution in [0.15, 0.2) is 61.2 Å². The summed E-state index contributed by atoms with van der Waals surface area (Å²) in [4.78, 5) is 23.3. The van der Waals surface area contributed by atoms with E-state index in [1.165, 1.54) is 6.08 Å². The molecule has 0 aliphatic carbocycles. The zero-order chi connectivity index (χ0) is 19.5. The van der Waals surface area contributed by atoms with Gasteiger partial charge in [0.05, 0.1) is 32.3 Å². The summed E-state index contributed by atoms with van der Waals surface area (Å²) in [5, 5.41) is 0. The molecule has 0 heterocycles. The summed E-state index contributed by atoms with van der Waals surface area (Å²) in [5.74, 6) is 0.984. The lowest BCUT2D eigenvalue weighted by Gasteiger charge is -2.08. The van der Waals surface area contributed by atoms with Crippen LogP contribution in [0.4, 0.5) is 0 Å². The molecule has 0 fully saturated rings. The molecule has 0 radical (unpaired) electrons. The lowest BCUT2D eigenvalue weighted by Crippen LogP contribution is -2.09. The molecule has 6 heteroatoms. The van der Waals surface area contributed by atoms with Crippen molar-refractivity contribution in [2.24, 2.45) is 0 Å². The second kappa shape index (κ2) is 10.7. The number of benzene rings is 2. The number of hydrogen-bond acceptors (Lipinski definition) is 6. The zero-order valence-electron chi connectivity index (χ0n) is 15.2. The average molecular weight is 370 g/mol. The topological polar surface area (TPSA) is 71.1 Å². The fraction of sp³-hybridized carbons (Fsp3) is 0.238. The van der Waals surface area contributed by atoms with E-state index in [1.54, 1.807) is 55.6 Å². The molecule has 142 valence electrons. The Morgan fingerprint density at radius 1 is 0.926 bits per heavy atom. The maximum Gasteiger partial charge on any atom is 0.343 e. The molecule has 2 aromatic carbocycles. The van der Waals surface area contributed by atoms with Crippen molar-refractivity contribution in [1.29, 1.82) is 0 Å². The summed E-state index contributed by atoms with van der Waals surface area (Å²) in [5.41, 5.74) is 0.413. The van der Waals surface area contributed by atoms with Gasteiger partial charge in [-0.05, 0) is 48.5 Å². The second-order valence-corrected chi connectivity index (χ2v) is 5.50. The van der Waals surface area contributed by atoms with Crippen LogP contribution in [0.2, 0.25) is 0 Å². The summed E-state index contributed by atoms with van der Waals surface area (Å²) in [6, 6.07) is 13.4. The van der Waals surface area contributed by atoms with E-state index in [0.29, 0.717) is 42.4 Å². The maximum atomic E-state index is 12.1. The van der Waals surface area contributed by atoms with Gasteiger partial charge in [0.2, 0.25) is 0 Å². The molecule has 27 heavy (non-hydrogen) atoms. The molecule has 0 bridgehead atoms. The highest BCUT2D eigenvalue weighted by Gasteiger charge is 2.09. The molecule has 0 aliphatic rings. The van der Waals surface area contributed by atoms with E-state index in [2.05, 4.69) is 6.58 Å². The maximum absolute atomic E-state index is 12.1. The molecule has 0 atom stereocenters. The van der Waals surface area contributed by atoms with Gasteiger partial charge in [-0.2, -0.15) is 0 Å². The van der Waals surface area contributed by atoms with Gasteiger partial charge in [0.25, 0.3) is 0 Å². The number of esters is 2. The summed E-state index contributed by atoms with van der Waals surface area (Å²) < 4.78 is 20.9. The van der Waals surface area contributed by atoms with E-state index in [0.717, 1.165) is 0 Å². The van der Waals surface area contributed by atoms with Crippen molar-refractivity contribution in [3.63, 3.8) is 0 Å². The quantitative estimate of drug-likeness (QED) is 0.274. The van der Waals surface area contributed by atoms with Crippen molar-refractivity contribution in [3.8, 4) is 17.2 Å². The number of methoxy groups -OCH3 is 1. The van der Waals surface area contributed by atoms with Crippen LogP contribution in [0.25, 0.3) is 0 Å². The van der Waals surface area contributed by atoms with E-state index in [9.17, 15) is 9.59 Å². The van der Waals surface area contributed by atoms with E-state index in [4.69, 9.17) is 18.9 Å². The van der Waals surface area contributed by atoms with Crippen molar-refractivity contribution in [3.05, 3.63) is 66.7 Å². The van der Waals surface area contributed by atoms with Crippen molar-refractivity contribution in [2.75, 3.05) is 20.3 Å². The predicted molar refractivity (Wildman–Crippen MR) is 100 cm³/mol. The van der Waals surface area contributed by atoms with Crippen LogP contribution in [0.5, 0.6) is 17.2 Å². The third kappa shape index (κ3) is 6.86. The molecule has 2 rings (SSSR count). The highest BCUT2D eigenvalue weighted by atomic mass is 16.5.